The fourth-order valence-electron chi connectivity index (χ4n) is 2.24. The first-order valence-electron chi connectivity index (χ1n) is 6.08. The highest BCUT2D eigenvalue weighted by Gasteiger charge is 2.63. The van der Waals surface area contributed by atoms with Gasteiger partial charge in [0.15, 0.2) is 0 Å². The highest BCUT2D eigenvalue weighted by molar-refractivity contribution is 7.93. The molecular formula is C15H14O3S. The van der Waals surface area contributed by atoms with Crippen LogP contribution in [-0.2, 0) is 14.6 Å². The van der Waals surface area contributed by atoms with Gasteiger partial charge in [-0.1, -0.05) is 48.5 Å². The molecule has 4 heteroatoms. The molecule has 2 aromatic carbocycles. The van der Waals surface area contributed by atoms with Gasteiger partial charge in [-0.2, -0.15) is 0 Å². The van der Waals surface area contributed by atoms with E-state index in [0.29, 0.717) is 4.90 Å². The molecule has 1 aliphatic rings. The number of sulfone groups is 1. The Kier molecular flexibility index (Phi) is 2.73. The maximum atomic E-state index is 12.6. The van der Waals surface area contributed by atoms with Crippen LogP contribution >= 0.6 is 0 Å². The van der Waals surface area contributed by atoms with Gasteiger partial charge in [0.25, 0.3) is 0 Å². The van der Waals surface area contributed by atoms with Crippen LogP contribution in [-0.4, -0.2) is 13.4 Å². The Labute approximate surface area is 112 Å². The molecule has 0 spiro atoms. The number of ether oxygens (including phenoxy) is 1. The third kappa shape index (κ3) is 1.88. The molecule has 1 fully saturated rings. The van der Waals surface area contributed by atoms with Crippen LogP contribution in [0.1, 0.15) is 18.6 Å². The van der Waals surface area contributed by atoms with E-state index in [1.165, 1.54) is 0 Å². The van der Waals surface area contributed by atoms with E-state index in [1.807, 2.05) is 30.3 Å². The van der Waals surface area contributed by atoms with E-state index in [9.17, 15) is 8.42 Å². The summed E-state index contributed by atoms with van der Waals surface area (Å²) in [7, 11) is -3.48. The van der Waals surface area contributed by atoms with Crippen molar-refractivity contribution in [1.82, 2.24) is 0 Å². The van der Waals surface area contributed by atoms with E-state index >= 15 is 0 Å². The Morgan fingerprint density at radius 2 is 1.47 bits per heavy atom. The molecule has 0 N–H and O–H groups in total. The summed E-state index contributed by atoms with van der Waals surface area (Å²) in [6, 6.07) is 17.9. The lowest BCUT2D eigenvalue weighted by molar-refractivity contribution is 0.357. The molecule has 0 aromatic heterocycles. The van der Waals surface area contributed by atoms with Crippen LogP contribution in [0.4, 0.5) is 0 Å². The van der Waals surface area contributed by atoms with E-state index in [0.717, 1.165) is 5.56 Å². The summed E-state index contributed by atoms with van der Waals surface area (Å²) in [5.41, 5.74) is 0.893. The van der Waals surface area contributed by atoms with Crippen LogP contribution < -0.4 is 0 Å². The zero-order valence-electron chi connectivity index (χ0n) is 10.5. The van der Waals surface area contributed by atoms with Crippen molar-refractivity contribution < 1.29 is 13.2 Å². The summed E-state index contributed by atoms with van der Waals surface area (Å²) >= 11 is 0. The van der Waals surface area contributed by atoms with Crippen LogP contribution in [0.15, 0.2) is 65.6 Å². The van der Waals surface area contributed by atoms with Gasteiger partial charge in [0.1, 0.15) is 6.10 Å². The normalized spacial score (nSPS) is 26.1. The standard InChI is InChI=1S/C15H14O3S/c1-15(14(18-15)12-8-4-2-5-9-12)19(16,17)13-10-6-3-7-11-13/h2-11,14H,1H3/t14-,15-/m0/s1. The van der Waals surface area contributed by atoms with Crippen LogP contribution in [0.3, 0.4) is 0 Å². The number of epoxide rings is 1. The van der Waals surface area contributed by atoms with Crippen LogP contribution in [0.2, 0.25) is 0 Å². The minimum Gasteiger partial charge on any atom is -0.344 e. The van der Waals surface area contributed by atoms with Crippen molar-refractivity contribution in [3.8, 4) is 0 Å². The van der Waals surface area contributed by atoms with E-state index < -0.39 is 14.8 Å². The Morgan fingerprint density at radius 1 is 0.947 bits per heavy atom. The lowest BCUT2D eigenvalue weighted by Crippen LogP contribution is -2.22. The molecule has 2 aromatic rings. The summed E-state index contributed by atoms with van der Waals surface area (Å²) < 4.78 is 30.7. The van der Waals surface area contributed by atoms with Crippen molar-refractivity contribution in [2.75, 3.05) is 0 Å². The zero-order chi connectivity index (χ0) is 13.5. The maximum absolute atomic E-state index is 12.6. The molecule has 1 saturated heterocycles. The van der Waals surface area contributed by atoms with E-state index in [4.69, 9.17) is 4.74 Å². The summed E-state index contributed by atoms with van der Waals surface area (Å²) in [4.78, 5) is -0.855. The molecule has 0 amide bonds. The topological polar surface area (TPSA) is 46.7 Å². The van der Waals surface area contributed by atoms with Gasteiger partial charge in [-0.15, -0.1) is 0 Å². The second kappa shape index (κ2) is 4.18. The summed E-state index contributed by atoms with van der Waals surface area (Å²) in [6.07, 6.45) is -0.390. The van der Waals surface area contributed by atoms with Crippen molar-refractivity contribution in [2.24, 2.45) is 0 Å². The minimum absolute atomic E-state index is 0.302. The maximum Gasteiger partial charge on any atom is 0.210 e. The van der Waals surface area contributed by atoms with Crippen molar-refractivity contribution in [3.05, 3.63) is 66.2 Å². The van der Waals surface area contributed by atoms with E-state index in [1.54, 1.807) is 37.3 Å². The SMILES string of the molecule is C[C@@]1(S(=O)(=O)c2ccccc2)O[C@H]1c1ccccc1. The predicted molar refractivity (Wildman–Crippen MR) is 72.3 cm³/mol. The van der Waals surface area contributed by atoms with Crippen molar-refractivity contribution in [2.45, 2.75) is 22.9 Å². The summed E-state index contributed by atoms with van der Waals surface area (Å²) in [5.74, 6) is 0. The number of benzene rings is 2. The Hall–Kier alpha value is -1.65. The van der Waals surface area contributed by atoms with Gasteiger partial charge in [0, 0.05) is 0 Å². The first kappa shape index (κ1) is 12.4. The zero-order valence-corrected chi connectivity index (χ0v) is 11.3. The average Bonchev–Trinajstić information content (AvgIpc) is 3.15. The first-order chi connectivity index (χ1) is 9.06. The molecule has 3 nitrogen and oxygen atoms in total. The molecule has 0 bridgehead atoms. The number of hydrogen-bond donors (Lipinski definition) is 0. The summed E-state index contributed by atoms with van der Waals surface area (Å²) in [6.45, 7) is 1.63. The van der Waals surface area contributed by atoms with Gasteiger partial charge in [-0.25, -0.2) is 8.42 Å². The lowest BCUT2D eigenvalue weighted by Gasteiger charge is -2.09. The Bertz CT molecular complexity index is 680. The fourth-order valence-corrected chi connectivity index (χ4v) is 3.86. The van der Waals surface area contributed by atoms with E-state index in [2.05, 4.69) is 0 Å². The molecule has 19 heavy (non-hydrogen) atoms. The highest BCUT2D eigenvalue weighted by atomic mass is 32.2. The quantitative estimate of drug-likeness (QED) is 0.808. The molecule has 1 aliphatic heterocycles. The molecule has 2 atom stereocenters. The molecule has 0 aliphatic carbocycles. The van der Waals surface area contributed by atoms with Crippen LogP contribution in [0.5, 0.6) is 0 Å². The molecule has 0 saturated carbocycles. The van der Waals surface area contributed by atoms with Gasteiger partial charge < -0.3 is 4.74 Å². The molecule has 98 valence electrons. The minimum atomic E-state index is -3.48. The average molecular weight is 274 g/mol. The van der Waals surface area contributed by atoms with Crippen molar-refractivity contribution >= 4 is 9.84 Å². The lowest BCUT2D eigenvalue weighted by atomic mass is 10.1. The van der Waals surface area contributed by atoms with Gasteiger partial charge in [-0.3, -0.25) is 0 Å². The number of hydrogen-bond acceptors (Lipinski definition) is 3. The molecule has 0 radical (unpaired) electrons. The largest absolute Gasteiger partial charge is 0.344 e. The third-order valence-corrected chi connectivity index (χ3v) is 5.73. The summed E-state index contributed by atoms with van der Waals surface area (Å²) in [5, 5.41) is 0. The second-order valence-electron chi connectivity index (χ2n) is 4.74. The third-order valence-electron chi connectivity index (χ3n) is 3.46. The molecule has 0 unspecified atom stereocenters. The van der Waals surface area contributed by atoms with Gasteiger partial charge in [-0.05, 0) is 24.6 Å². The van der Waals surface area contributed by atoms with Gasteiger partial charge >= 0.3 is 0 Å². The Morgan fingerprint density at radius 3 is 2.05 bits per heavy atom. The highest BCUT2D eigenvalue weighted by Crippen LogP contribution is 2.54. The second-order valence-corrected chi connectivity index (χ2v) is 7.03. The molecular weight excluding hydrogens is 260 g/mol. The fraction of sp³-hybridized carbons (Fsp3) is 0.200. The molecule has 3 rings (SSSR count). The first-order valence-corrected chi connectivity index (χ1v) is 7.56. The predicted octanol–water partition coefficient (Wildman–Crippen LogP) is 2.95. The van der Waals surface area contributed by atoms with Gasteiger partial charge in [0.05, 0.1) is 4.90 Å². The van der Waals surface area contributed by atoms with E-state index in [-0.39, 0.29) is 6.10 Å². The number of rotatable bonds is 3. The van der Waals surface area contributed by atoms with Crippen molar-refractivity contribution in [1.29, 1.82) is 0 Å². The van der Waals surface area contributed by atoms with Gasteiger partial charge in [0.2, 0.25) is 14.8 Å². The monoisotopic (exact) mass is 274 g/mol. The smallest absolute Gasteiger partial charge is 0.210 e. The van der Waals surface area contributed by atoms with Crippen LogP contribution in [0, 0.1) is 0 Å². The van der Waals surface area contributed by atoms with Crippen LogP contribution in [0.25, 0.3) is 0 Å². The Balaban J connectivity index is 1.97. The van der Waals surface area contributed by atoms with Crippen molar-refractivity contribution in [3.63, 3.8) is 0 Å². The molecule has 1 heterocycles.